The Labute approximate surface area is 148 Å². The van der Waals surface area contributed by atoms with Gasteiger partial charge < -0.3 is 4.74 Å². The maximum atomic E-state index is 12.4. The molecule has 0 saturated heterocycles. The summed E-state index contributed by atoms with van der Waals surface area (Å²) >= 11 is 0. The van der Waals surface area contributed by atoms with Crippen LogP contribution in [-0.2, 0) is 10.0 Å². The molecule has 0 fully saturated rings. The Morgan fingerprint density at radius 1 is 1.12 bits per heavy atom. The minimum atomic E-state index is -3.57. The quantitative estimate of drug-likeness (QED) is 0.562. The Balaban J connectivity index is 2.23. The summed E-state index contributed by atoms with van der Waals surface area (Å²) in [6.07, 6.45) is 3.10. The molecule has 0 aromatic heterocycles. The molecule has 0 aliphatic rings. The number of sulfonamides is 1. The first-order valence-electron chi connectivity index (χ1n) is 7.82. The number of ketones is 1. The Hall–Kier alpha value is -2.44. The lowest BCUT2D eigenvalue weighted by Crippen LogP contribution is -2.22. The minimum absolute atomic E-state index is 0.0927. The first kappa shape index (κ1) is 18.9. The van der Waals surface area contributed by atoms with Gasteiger partial charge >= 0.3 is 0 Å². The highest BCUT2D eigenvalue weighted by Gasteiger charge is 2.18. The van der Waals surface area contributed by atoms with Gasteiger partial charge in [0.15, 0.2) is 5.78 Å². The summed E-state index contributed by atoms with van der Waals surface area (Å²) in [4.78, 5) is 12.4. The fourth-order valence-electron chi connectivity index (χ4n) is 2.16. The number of hydrogen-bond acceptors (Lipinski definition) is 4. The molecule has 0 atom stereocenters. The van der Waals surface area contributed by atoms with Crippen LogP contribution >= 0.6 is 0 Å². The van der Waals surface area contributed by atoms with E-state index in [4.69, 9.17) is 4.74 Å². The van der Waals surface area contributed by atoms with Gasteiger partial charge in [-0.25, -0.2) is 12.7 Å². The molecule has 2 aromatic rings. The second-order valence-corrected chi connectivity index (χ2v) is 7.67. The van der Waals surface area contributed by atoms with E-state index in [9.17, 15) is 13.2 Å². The first-order chi connectivity index (χ1) is 11.8. The normalized spacial score (nSPS) is 11.8. The van der Waals surface area contributed by atoms with Crippen LogP contribution in [0.2, 0.25) is 0 Å². The van der Waals surface area contributed by atoms with E-state index < -0.39 is 10.0 Å². The van der Waals surface area contributed by atoms with Gasteiger partial charge in [-0.05, 0) is 42.8 Å². The summed E-state index contributed by atoms with van der Waals surface area (Å²) in [5, 5.41) is 0. The van der Waals surface area contributed by atoms with Gasteiger partial charge in [0, 0.05) is 19.7 Å². The van der Waals surface area contributed by atoms with Crippen molar-refractivity contribution >= 4 is 21.9 Å². The van der Waals surface area contributed by atoms with Crippen molar-refractivity contribution in [3.63, 3.8) is 0 Å². The summed E-state index contributed by atoms with van der Waals surface area (Å²) in [5.74, 6) is 0.466. The van der Waals surface area contributed by atoms with Gasteiger partial charge in [-0.1, -0.05) is 30.3 Å². The Morgan fingerprint density at radius 2 is 1.84 bits per heavy atom. The molecule has 0 unspecified atom stereocenters. The number of ether oxygens (including phenoxy) is 1. The number of rotatable bonds is 7. The molecule has 2 rings (SSSR count). The number of carbonyl (C=O) groups excluding carboxylic acids is 1. The highest BCUT2D eigenvalue weighted by molar-refractivity contribution is 7.89. The van der Waals surface area contributed by atoms with Crippen molar-refractivity contribution in [1.29, 1.82) is 0 Å². The maximum Gasteiger partial charge on any atom is 0.242 e. The average Bonchev–Trinajstić information content (AvgIpc) is 2.60. The van der Waals surface area contributed by atoms with Gasteiger partial charge in [0.25, 0.3) is 0 Å². The minimum Gasteiger partial charge on any atom is -0.494 e. The number of nitrogens with zero attached hydrogens (tertiary/aromatic N) is 1. The second kappa shape index (κ2) is 8.09. The molecule has 0 spiro atoms. The monoisotopic (exact) mass is 359 g/mol. The van der Waals surface area contributed by atoms with Crippen LogP contribution in [0.3, 0.4) is 0 Å². The van der Waals surface area contributed by atoms with Crippen molar-refractivity contribution in [3.8, 4) is 5.75 Å². The van der Waals surface area contributed by atoms with E-state index in [1.165, 1.54) is 32.3 Å². The van der Waals surface area contributed by atoms with Gasteiger partial charge in [0.05, 0.1) is 11.5 Å². The van der Waals surface area contributed by atoms with Crippen molar-refractivity contribution in [1.82, 2.24) is 4.31 Å². The highest BCUT2D eigenvalue weighted by Crippen LogP contribution is 2.17. The predicted octanol–water partition coefficient (Wildman–Crippen LogP) is 3.23. The van der Waals surface area contributed by atoms with Crippen LogP contribution in [0.5, 0.6) is 5.75 Å². The molecule has 0 amide bonds. The van der Waals surface area contributed by atoms with E-state index in [0.717, 1.165) is 15.6 Å². The van der Waals surface area contributed by atoms with Gasteiger partial charge in [0.1, 0.15) is 5.75 Å². The zero-order valence-electron chi connectivity index (χ0n) is 14.5. The fourth-order valence-corrected chi connectivity index (χ4v) is 3.11. The Morgan fingerprint density at radius 3 is 2.52 bits per heavy atom. The summed E-state index contributed by atoms with van der Waals surface area (Å²) < 4.78 is 30.9. The van der Waals surface area contributed by atoms with Crippen LogP contribution in [0.25, 0.3) is 6.08 Å². The largest absolute Gasteiger partial charge is 0.494 e. The third-order valence-electron chi connectivity index (χ3n) is 3.49. The van der Waals surface area contributed by atoms with Crippen LogP contribution in [-0.4, -0.2) is 39.2 Å². The zero-order valence-corrected chi connectivity index (χ0v) is 15.3. The Kier molecular flexibility index (Phi) is 6.12. The second-order valence-electron chi connectivity index (χ2n) is 5.52. The van der Waals surface area contributed by atoms with Crippen molar-refractivity contribution in [3.05, 3.63) is 65.7 Å². The molecule has 0 bridgehead atoms. The van der Waals surface area contributed by atoms with Gasteiger partial charge in [-0.3, -0.25) is 4.79 Å². The molecular formula is C19H21NO4S. The molecular weight excluding hydrogens is 338 g/mol. The van der Waals surface area contributed by atoms with Gasteiger partial charge in [-0.15, -0.1) is 0 Å². The fraction of sp³-hybridized carbons (Fsp3) is 0.211. The SMILES string of the molecule is CCOc1cccc(/C=C/C(=O)c2cccc(S(=O)(=O)N(C)C)c2)c1. The third kappa shape index (κ3) is 4.78. The molecule has 6 heteroatoms. The molecule has 0 saturated carbocycles. The summed E-state index contributed by atoms with van der Waals surface area (Å²) in [6.45, 7) is 2.47. The van der Waals surface area contributed by atoms with Gasteiger partial charge in [-0.2, -0.15) is 0 Å². The van der Waals surface area contributed by atoms with E-state index in [1.54, 1.807) is 18.2 Å². The van der Waals surface area contributed by atoms with E-state index in [0.29, 0.717) is 12.2 Å². The van der Waals surface area contributed by atoms with E-state index in [-0.39, 0.29) is 10.7 Å². The van der Waals surface area contributed by atoms with Crippen molar-refractivity contribution in [2.45, 2.75) is 11.8 Å². The Bertz CT molecular complexity index is 886. The zero-order chi connectivity index (χ0) is 18.4. The molecule has 5 nitrogen and oxygen atoms in total. The van der Waals surface area contributed by atoms with Crippen molar-refractivity contribution < 1.29 is 17.9 Å². The highest BCUT2D eigenvalue weighted by atomic mass is 32.2. The van der Waals surface area contributed by atoms with E-state index in [2.05, 4.69) is 0 Å². The smallest absolute Gasteiger partial charge is 0.242 e. The molecule has 0 heterocycles. The van der Waals surface area contributed by atoms with Crippen LogP contribution in [0, 0.1) is 0 Å². The molecule has 0 radical (unpaired) electrons. The number of benzene rings is 2. The molecule has 0 aliphatic heterocycles. The standard InChI is InChI=1S/C19H21NO4S/c1-4-24-17-9-5-7-15(13-17)11-12-19(21)16-8-6-10-18(14-16)25(22,23)20(2)3/h5-14H,4H2,1-3H3/b12-11+. The summed E-state index contributed by atoms with van der Waals surface area (Å²) in [6, 6.07) is 13.4. The molecule has 0 N–H and O–H groups in total. The maximum absolute atomic E-state index is 12.4. The first-order valence-corrected chi connectivity index (χ1v) is 9.26. The molecule has 25 heavy (non-hydrogen) atoms. The van der Waals surface area contributed by atoms with Crippen LogP contribution in [0.15, 0.2) is 59.5 Å². The topological polar surface area (TPSA) is 63.7 Å². The van der Waals surface area contributed by atoms with Gasteiger partial charge in [0.2, 0.25) is 10.0 Å². The van der Waals surface area contributed by atoms with E-state index in [1.807, 2.05) is 31.2 Å². The predicted molar refractivity (Wildman–Crippen MR) is 98.3 cm³/mol. The number of hydrogen-bond donors (Lipinski definition) is 0. The van der Waals surface area contributed by atoms with Crippen LogP contribution in [0.1, 0.15) is 22.8 Å². The lowest BCUT2D eigenvalue weighted by atomic mass is 10.1. The lowest BCUT2D eigenvalue weighted by molar-refractivity contribution is 0.104. The molecule has 132 valence electrons. The summed E-state index contributed by atoms with van der Waals surface area (Å²) in [7, 11) is -0.665. The van der Waals surface area contributed by atoms with Crippen LogP contribution in [0.4, 0.5) is 0 Å². The summed E-state index contributed by atoms with van der Waals surface area (Å²) in [5.41, 5.74) is 1.15. The number of carbonyl (C=O) groups is 1. The van der Waals surface area contributed by atoms with Crippen molar-refractivity contribution in [2.75, 3.05) is 20.7 Å². The molecule has 0 aliphatic carbocycles. The van der Waals surface area contributed by atoms with Crippen molar-refractivity contribution in [2.24, 2.45) is 0 Å². The lowest BCUT2D eigenvalue weighted by Gasteiger charge is -2.11. The average molecular weight is 359 g/mol. The van der Waals surface area contributed by atoms with E-state index >= 15 is 0 Å². The molecule has 2 aromatic carbocycles. The third-order valence-corrected chi connectivity index (χ3v) is 5.30. The number of allylic oxidation sites excluding steroid dienone is 1. The van der Waals surface area contributed by atoms with Crippen LogP contribution < -0.4 is 4.74 Å².